The van der Waals surface area contributed by atoms with E-state index < -0.39 is 0 Å². The summed E-state index contributed by atoms with van der Waals surface area (Å²) in [5.41, 5.74) is 2.25. The molecule has 0 aromatic heterocycles. The van der Waals surface area contributed by atoms with Crippen LogP contribution in [0.15, 0.2) is 54.6 Å². The van der Waals surface area contributed by atoms with Crippen molar-refractivity contribution in [1.29, 1.82) is 0 Å². The first-order valence-electron chi connectivity index (χ1n) is 5.26. The summed E-state index contributed by atoms with van der Waals surface area (Å²) in [6.07, 6.45) is 6.07. The maximum atomic E-state index is 5.81. The maximum Gasteiger partial charge on any atom is 0.0406 e. The highest BCUT2D eigenvalue weighted by Crippen LogP contribution is 2.13. The highest BCUT2D eigenvalue weighted by Gasteiger charge is 1.91. The van der Waals surface area contributed by atoms with E-state index in [1.165, 1.54) is 0 Å². The van der Waals surface area contributed by atoms with Crippen LogP contribution in [0.2, 0.25) is 10.0 Å². The van der Waals surface area contributed by atoms with E-state index in [2.05, 4.69) is 0 Å². The Morgan fingerprint density at radius 3 is 1.65 bits per heavy atom. The third-order valence-corrected chi connectivity index (χ3v) is 2.82. The van der Waals surface area contributed by atoms with E-state index in [4.69, 9.17) is 23.2 Å². The predicted octanol–water partition coefficient (Wildman–Crippen LogP) is 5.26. The molecule has 17 heavy (non-hydrogen) atoms. The van der Waals surface area contributed by atoms with Gasteiger partial charge in [-0.05, 0) is 35.4 Å². The van der Waals surface area contributed by atoms with Crippen molar-refractivity contribution in [3.05, 3.63) is 82.2 Å². The molecule has 0 spiro atoms. The molecule has 85 valence electrons. The summed E-state index contributed by atoms with van der Waals surface area (Å²) in [4.78, 5) is 0. The van der Waals surface area contributed by atoms with Crippen molar-refractivity contribution in [2.45, 2.75) is 0 Å². The zero-order valence-electron chi connectivity index (χ0n) is 9.11. The standard InChI is InChI=1S/C15H11Cl2/c16-14-8-4-12(5-9-14)2-1-3-13-6-10-15(17)11-7-13/h1-11H. The van der Waals surface area contributed by atoms with E-state index in [1.807, 2.05) is 67.1 Å². The van der Waals surface area contributed by atoms with Gasteiger partial charge in [0.2, 0.25) is 0 Å². The molecule has 2 aromatic carbocycles. The van der Waals surface area contributed by atoms with Gasteiger partial charge in [0.25, 0.3) is 0 Å². The van der Waals surface area contributed by atoms with Crippen LogP contribution < -0.4 is 0 Å². The van der Waals surface area contributed by atoms with E-state index >= 15 is 0 Å². The molecule has 0 nitrogen and oxygen atoms in total. The van der Waals surface area contributed by atoms with Crippen LogP contribution in [0.5, 0.6) is 0 Å². The highest BCUT2D eigenvalue weighted by atomic mass is 35.5. The third-order valence-electron chi connectivity index (χ3n) is 2.32. The summed E-state index contributed by atoms with van der Waals surface area (Å²) in [7, 11) is 0. The molecule has 0 atom stereocenters. The summed E-state index contributed by atoms with van der Waals surface area (Å²) >= 11 is 11.6. The summed E-state index contributed by atoms with van der Waals surface area (Å²) in [6.45, 7) is 0. The van der Waals surface area contributed by atoms with E-state index in [0.717, 1.165) is 21.2 Å². The van der Waals surface area contributed by atoms with Crippen LogP contribution in [0.4, 0.5) is 0 Å². The van der Waals surface area contributed by atoms with E-state index in [0.29, 0.717) is 0 Å². The number of benzene rings is 2. The number of hydrogen-bond acceptors (Lipinski definition) is 0. The average molecular weight is 262 g/mol. The van der Waals surface area contributed by atoms with Gasteiger partial charge in [-0.3, -0.25) is 0 Å². The zero-order chi connectivity index (χ0) is 12.1. The van der Waals surface area contributed by atoms with Gasteiger partial charge in [-0.25, -0.2) is 0 Å². The van der Waals surface area contributed by atoms with E-state index in [9.17, 15) is 0 Å². The van der Waals surface area contributed by atoms with Crippen LogP contribution in [0.3, 0.4) is 0 Å². The Balaban J connectivity index is 1.97. The SMILES string of the molecule is Clc1ccc([CH]C=Cc2ccc(Cl)cc2)cc1. The zero-order valence-corrected chi connectivity index (χ0v) is 10.6. The minimum Gasteiger partial charge on any atom is -0.0843 e. The monoisotopic (exact) mass is 261 g/mol. The lowest BCUT2D eigenvalue weighted by Crippen LogP contribution is -1.77. The fourth-order valence-electron chi connectivity index (χ4n) is 1.42. The number of hydrogen-bond donors (Lipinski definition) is 0. The molecule has 2 heteroatoms. The van der Waals surface area contributed by atoms with Crippen molar-refractivity contribution in [2.24, 2.45) is 0 Å². The van der Waals surface area contributed by atoms with Crippen molar-refractivity contribution in [1.82, 2.24) is 0 Å². The summed E-state index contributed by atoms with van der Waals surface area (Å²) in [6, 6.07) is 15.4. The van der Waals surface area contributed by atoms with Crippen molar-refractivity contribution < 1.29 is 0 Å². The fraction of sp³-hybridized carbons (Fsp3) is 0. The van der Waals surface area contributed by atoms with Crippen molar-refractivity contribution in [3.63, 3.8) is 0 Å². The third kappa shape index (κ3) is 3.92. The van der Waals surface area contributed by atoms with E-state index in [1.54, 1.807) is 0 Å². The van der Waals surface area contributed by atoms with Crippen LogP contribution in [0, 0.1) is 6.42 Å². The van der Waals surface area contributed by atoms with Crippen LogP contribution in [-0.4, -0.2) is 0 Å². The first-order chi connectivity index (χ1) is 8.24. The molecule has 0 saturated heterocycles. The highest BCUT2D eigenvalue weighted by molar-refractivity contribution is 6.30. The normalized spacial score (nSPS) is 10.9. The second-order valence-electron chi connectivity index (χ2n) is 3.63. The Morgan fingerprint density at radius 2 is 1.12 bits per heavy atom. The topological polar surface area (TPSA) is 0 Å². The van der Waals surface area contributed by atoms with Crippen molar-refractivity contribution in [3.8, 4) is 0 Å². The van der Waals surface area contributed by atoms with Crippen molar-refractivity contribution in [2.75, 3.05) is 0 Å². The molecule has 0 saturated carbocycles. The molecule has 0 aliphatic carbocycles. The second kappa shape index (κ2) is 5.90. The Bertz CT molecular complexity index is 495. The summed E-state index contributed by atoms with van der Waals surface area (Å²) < 4.78 is 0. The molecule has 2 rings (SSSR count). The minimum atomic E-state index is 0.754. The molecule has 1 radical (unpaired) electrons. The molecular weight excluding hydrogens is 251 g/mol. The largest absolute Gasteiger partial charge is 0.0843 e. The lowest BCUT2D eigenvalue weighted by molar-refractivity contribution is 1.52. The Kier molecular flexibility index (Phi) is 4.24. The lowest BCUT2D eigenvalue weighted by atomic mass is 10.1. The van der Waals surface area contributed by atoms with Crippen LogP contribution >= 0.6 is 23.2 Å². The van der Waals surface area contributed by atoms with Gasteiger partial charge in [-0.2, -0.15) is 0 Å². The summed E-state index contributed by atoms with van der Waals surface area (Å²) in [5, 5.41) is 1.51. The molecule has 0 bridgehead atoms. The Labute approximate surface area is 112 Å². The predicted molar refractivity (Wildman–Crippen MR) is 75.3 cm³/mol. The molecule has 0 aliphatic heterocycles. The molecule has 0 unspecified atom stereocenters. The van der Waals surface area contributed by atoms with Gasteiger partial charge in [-0.1, -0.05) is 59.6 Å². The van der Waals surface area contributed by atoms with Gasteiger partial charge in [0, 0.05) is 16.5 Å². The van der Waals surface area contributed by atoms with Gasteiger partial charge in [0.05, 0.1) is 0 Å². The van der Waals surface area contributed by atoms with Gasteiger partial charge < -0.3 is 0 Å². The summed E-state index contributed by atoms with van der Waals surface area (Å²) in [5.74, 6) is 0. The molecule has 2 aromatic rings. The second-order valence-corrected chi connectivity index (χ2v) is 4.50. The van der Waals surface area contributed by atoms with E-state index in [-0.39, 0.29) is 0 Å². The Morgan fingerprint density at radius 1 is 0.647 bits per heavy atom. The maximum absolute atomic E-state index is 5.81. The van der Waals surface area contributed by atoms with Crippen LogP contribution in [-0.2, 0) is 0 Å². The molecule has 0 fully saturated rings. The quantitative estimate of drug-likeness (QED) is 0.707. The van der Waals surface area contributed by atoms with Gasteiger partial charge in [-0.15, -0.1) is 0 Å². The first kappa shape index (κ1) is 12.2. The van der Waals surface area contributed by atoms with Gasteiger partial charge >= 0.3 is 0 Å². The first-order valence-corrected chi connectivity index (χ1v) is 6.02. The number of rotatable bonds is 3. The van der Waals surface area contributed by atoms with Crippen molar-refractivity contribution >= 4 is 29.3 Å². The number of allylic oxidation sites excluding steroid dienone is 1. The lowest BCUT2D eigenvalue weighted by Gasteiger charge is -1.96. The number of halogens is 2. The van der Waals surface area contributed by atoms with Crippen LogP contribution in [0.1, 0.15) is 11.1 Å². The molecule has 0 amide bonds. The minimum absolute atomic E-state index is 0.754. The molecule has 0 N–H and O–H groups in total. The van der Waals surface area contributed by atoms with Crippen LogP contribution in [0.25, 0.3) is 6.08 Å². The van der Waals surface area contributed by atoms with Gasteiger partial charge in [0.1, 0.15) is 0 Å². The molecule has 0 aliphatic rings. The smallest absolute Gasteiger partial charge is 0.0406 e. The molecular formula is C15H11Cl2. The average Bonchev–Trinajstić information content (AvgIpc) is 2.34. The molecule has 0 heterocycles. The van der Waals surface area contributed by atoms with Gasteiger partial charge in [0.15, 0.2) is 0 Å². The Hall–Kier alpha value is -1.24. The fourth-order valence-corrected chi connectivity index (χ4v) is 1.67.